The number of carbonyl (C=O) groups excluding carboxylic acids is 1. The second-order valence-electron chi connectivity index (χ2n) is 6.43. The van der Waals surface area contributed by atoms with Crippen molar-refractivity contribution in [3.8, 4) is 0 Å². The maximum atomic E-state index is 11.2. The van der Waals surface area contributed by atoms with Gasteiger partial charge in [-0.15, -0.1) is 0 Å². The van der Waals surface area contributed by atoms with Gasteiger partial charge in [0.25, 0.3) is 0 Å². The average Bonchev–Trinajstić information content (AvgIpc) is 2.13. The highest BCUT2D eigenvalue weighted by molar-refractivity contribution is 5.74. The highest BCUT2D eigenvalue weighted by Gasteiger charge is 2.55. The molecule has 3 N–H and O–H groups in total. The van der Waals surface area contributed by atoms with E-state index in [1.165, 1.54) is 32.1 Å². The molecule has 0 spiro atoms. The average molecular weight is 222 g/mol. The van der Waals surface area contributed by atoms with Crippen molar-refractivity contribution in [3.63, 3.8) is 0 Å². The second-order valence-corrected chi connectivity index (χ2v) is 6.43. The van der Waals surface area contributed by atoms with Crippen LogP contribution in [-0.4, -0.2) is 19.0 Å². The lowest BCUT2D eigenvalue weighted by atomic mass is 9.47. The first-order valence-electron chi connectivity index (χ1n) is 6.57. The number of rotatable bonds is 3. The lowest BCUT2D eigenvalue weighted by molar-refractivity contribution is -0.128. The van der Waals surface area contributed by atoms with Crippen LogP contribution in [-0.2, 0) is 4.79 Å². The number of nitrogens with one attached hydrogen (secondary N) is 1. The minimum Gasteiger partial charge on any atom is -0.370 e. The van der Waals surface area contributed by atoms with E-state index in [1.807, 2.05) is 0 Å². The van der Waals surface area contributed by atoms with Gasteiger partial charge in [-0.25, -0.2) is 0 Å². The maximum Gasteiger partial charge on any atom is 0.217 e. The fraction of sp³-hybridized carbons (Fsp3) is 0.923. The molecule has 0 aliphatic heterocycles. The normalized spacial score (nSPS) is 49.6. The van der Waals surface area contributed by atoms with Crippen molar-refractivity contribution in [3.05, 3.63) is 0 Å². The Morgan fingerprint density at radius 2 is 1.94 bits per heavy atom. The van der Waals surface area contributed by atoms with Crippen molar-refractivity contribution in [2.24, 2.45) is 28.9 Å². The summed E-state index contributed by atoms with van der Waals surface area (Å²) in [7, 11) is 2.09. The summed E-state index contributed by atoms with van der Waals surface area (Å²) in [6.45, 7) is 0. The van der Waals surface area contributed by atoms with Gasteiger partial charge in [-0.05, 0) is 62.3 Å². The highest BCUT2D eigenvalue weighted by Crippen LogP contribution is 2.61. The standard InChI is InChI=1S/C13H22N2O/c1-15-12-9-2-8-3-10(12)6-13(4-8,5-9)7-11(14)16/h8-10,12,15H,2-7H2,1H3,(H2,14,16). The molecule has 3 heteroatoms. The summed E-state index contributed by atoms with van der Waals surface area (Å²) in [4.78, 5) is 11.2. The lowest BCUT2D eigenvalue weighted by Crippen LogP contribution is -2.58. The quantitative estimate of drug-likeness (QED) is 0.755. The Balaban J connectivity index is 1.83. The van der Waals surface area contributed by atoms with E-state index in [0.29, 0.717) is 12.5 Å². The molecular weight excluding hydrogens is 200 g/mol. The van der Waals surface area contributed by atoms with Crippen LogP contribution in [0.5, 0.6) is 0 Å². The van der Waals surface area contributed by atoms with Crippen LogP contribution in [0.1, 0.15) is 38.5 Å². The zero-order valence-electron chi connectivity index (χ0n) is 10.0. The van der Waals surface area contributed by atoms with E-state index in [-0.39, 0.29) is 11.3 Å². The van der Waals surface area contributed by atoms with Gasteiger partial charge in [-0.3, -0.25) is 4.79 Å². The van der Waals surface area contributed by atoms with Crippen molar-refractivity contribution >= 4 is 5.91 Å². The molecule has 0 aromatic heterocycles. The Morgan fingerprint density at radius 3 is 2.44 bits per heavy atom. The Labute approximate surface area is 97.2 Å². The molecule has 90 valence electrons. The first-order chi connectivity index (χ1) is 7.62. The van der Waals surface area contributed by atoms with Gasteiger partial charge in [-0.2, -0.15) is 0 Å². The fourth-order valence-corrected chi connectivity index (χ4v) is 5.25. The monoisotopic (exact) mass is 222 g/mol. The van der Waals surface area contributed by atoms with Crippen LogP contribution in [0.25, 0.3) is 0 Å². The van der Waals surface area contributed by atoms with Crippen LogP contribution >= 0.6 is 0 Å². The zero-order valence-corrected chi connectivity index (χ0v) is 10.0. The molecule has 0 radical (unpaired) electrons. The second kappa shape index (κ2) is 3.46. The number of hydrogen-bond donors (Lipinski definition) is 2. The van der Waals surface area contributed by atoms with E-state index in [4.69, 9.17) is 5.73 Å². The lowest BCUT2D eigenvalue weighted by Gasteiger charge is -2.60. The molecule has 4 bridgehead atoms. The fourth-order valence-electron chi connectivity index (χ4n) is 5.25. The molecule has 16 heavy (non-hydrogen) atoms. The molecule has 3 nitrogen and oxygen atoms in total. The SMILES string of the molecule is CNC1C2CC3CC1CC(CC(N)=O)(C3)C2. The van der Waals surface area contributed by atoms with Crippen molar-refractivity contribution in [2.75, 3.05) is 7.05 Å². The molecule has 4 aliphatic rings. The molecule has 0 heterocycles. The van der Waals surface area contributed by atoms with Gasteiger partial charge in [-0.1, -0.05) is 0 Å². The van der Waals surface area contributed by atoms with Crippen LogP contribution in [0.4, 0.5) is 0 Å². The summed E-state index contributed by atoms with van der Waals surface area (Å²) in [5.41, 5.74) is 5.71. The van der Waals surface area contributed by atoms with Crippen LogP contribution in [0.2, 0.25) is 0 Å². The summed E-state index contributed by atoms with van der Waals surface area (Å²) in [6.07, 6.45) is 7.11. The Kier molecular flexibility index (Phi) is 2.29. The van der Waals surface area contributed by atoms with Crippen molar-refractivity contribution in [1.29, 1.82) is 0 Å². The van der Waals surface area contributed by atoms with Crippen LogP contribution < -0.4 is 11.1 Å². The first kappa shape index (κ1) is 10.6. The first-order valence-corrected chi connectivity index (χ1v) is 6.57. The predicted molar refractivity (Wildman–Crippen MR) is 62.6 cm³/mol. The number of nitrogens with two attached hydrogens (primary N) is 1. The summed E-state index contributed by atoms with van der Waals surface area (Å²) < 4.78 is 0. The molecule has 1 amide bonds. The van der Waals surface area contributed by atoms with Gasteiger partial charge >= 0.3 is 0 Å². The summed E-state index contributed by atoms with van der Waals surface area (Å²) in [6, 6.07) is 0.706. The third kappa shape index (κ3) is 1.48. The molecule has 4 saturated carbocycles. The van der Waals surface area contributed by atoms with Gasteiger partial charge < -0.3 is 11.1 Å². The number of primary amides is 1. The zero-order chi connectivity index (χ0) is 11.3. The predicted octanol–water partition coefficient (Wildman–Crippen LogP) is 1.28. The van der Waals surface area contributed by atoms with E-state index in [0.717, 1.165) is 17.8 Å². The molecule has 0 aromatic carbocycles. The topological polar surface area (TPSA) is 55.1 Å². The number of carbonyl (C=O) groups is 1. The third-order valence-corrected chi connectivity index (χ3v) is 5.28. The summed E-state index contributed by atoms with van der Waals surface area (Å²) in [5.74, 6) is 2.38. The largest absolute Gasteiger partial charge is 0.370 e. The molecule has 2 atom stereocenters. The Morgan fingerprint density at radius 1 is 1.31 bits per heavy atom. The van der Waals surface area contributed by atoms with E-state index < -0.39 is 0 Å². The van der Waals surface area contributed by atoms with Crippen LogP contribution in [0.15, 0.2) is 0 Å². The van der Waals surface area contributed by atoms with Gasteiger partial charge in [0.15, 0.2) is 0 Å². The minimum atomic E-state index is -0.0945. The van der Waals surface area contributed by atoms with E-state index >= 15 is 0 Å². The van der Waals surface area contributed by atoms with Crippen molar-refractivity contribution in [2.45, 2.75) is 44.6 Å². The number of hydrogen-bond acceptors (Lipinski definition) is 2. The van der Waals surface area contributed by atoms with E-state index in [1.54, 1.807) is 0 Å². The highest BCUT2D eigenvalue weighted by atomic mass is 16.1. The van der Waals surface area contributed by atoms with Crippen LogP contribution in [0, 0.1) is 23.2 Å². The van der Waals surface area contributed by atoms with Crippen LogP contribution in [0.3, 0.4) is 0 Å². The minimum absolute atomic E-state index is 0.0945. The number of amides is 1. The van der Waals surface area contributed by atoms with Gasteiger partial charge in [0.2, 0.25) is 5.91 Å². The molecule has 4 rings (SSSR count). The smallest absolute Gasteiger partial charge is 0.217 e. The summed E-state index contributed by atoms with van der Waals surface area (Å²) in [5, 5.41) is 3.50. The molecule has 0 aromatic rings. The van der Waals surface area contributed by atoms with Gasteiger partial charge in [0.1, 0.15) is 0 Å². The molecular formula is C13H22N2O. The molecule has 2 unspecified atom stereocenters. The van der Waals surface area contributed by atoms with Crippen molar-refractivity contribution in [1.82, 2.24) is 5.32 Å². The molecule has 4 fully saturated rings. The van der Waals surface area contributed by atoms with Gasteiger partial charge in [0, 0.05) is 12.5 Å². The Bertz CT molecular complexity index is 299. The van der Waals surface area contributed by atoms with E-state index in [2.05, 4.69) is 12.4 Å². The van der Waals surface area contributed by atoms with Gasteiger partial charge in [0.05, 0.1) is 0 Å². The van der Waals surface area contributed by atoms with Crippen molar-refractivity contribution < 1.29 is 4.79 Å². The third-order valence-electron chi connectivity index (χ3n) is 5.28. The summed E-state index contributed by atoms with van der Waals surface area (Å²) >= 11 is 0. The molecule has 0 saturated heterocycles. The molecule has 4 aliphatic carbocycles. The van der Waals surface area contributed by atoms with E-state index in [9.17, 15) is 4.79 Å². The Hall–Kier alpha value is -0.570. The maximum absolute atomic E-state index is 11.2.